The molecule has 4 aromatic rings. The van der Waals surface area contributed by atoms with Crippen molar-refractivity contribution < 1.29 is 4.79 Å². The van der Waals surface area contributed by atoms with Crippen molar-refractivity contribution in [3.8, 4) is 0 Å². The first-order valence-corrected chi connectivity index (χ1v) is 11.5. The number of benzene rings is 3. The SMILES string of the molecule is CN(C)C/C=C/C(=O)Nc1ccccc1Nc1ncc(Br)c(Nc2ccc3ccccc3c2)n1. The van der Waals surface area contributed by atoms with Crippen LogP contribution >= 0.6 is 15.9 Å². The summed E-state index contributed by atoms with van der Waals surface area (Å²) in [4.78, 5) is 23.3. The van der Waals surface area contributed by atoms with Crippen LogP contribution in [-0.2, 0) is 4.79 Å². The maximum Gasteiger partial charge on any atom is 0.248 e. The molecule has 0 bridgehead atoms. The monoisotopic (exact) mass is 516 g/mol. The molecule has 0 aliphatic heterocycles. The van der Waals surface area contributed by atoms with Gasteiger partial charge in [0.1, 0.15) is 5.82 Å². The predicted octanol–water partition coefficient (Wildman–Crippen LogP) is 5.94. The minimum absolute atomic E-state index is 0.202. The molecular weight excluding hydrogens is 492 g/mol. The minimum atomic E-state index is -0.202. The number of nitrogens with one attached hydrogen (secondary N) is 3. The van der Waals surface area contributed by atoms with Gasteiger partial charge in [0.25, 0.3) is 0 Å². The number of amides is 1. The molecule has 4 rings (SSSR count). The van der Waals surface area contributed by atoms with Gasteiger partial charge in [0.05, 0.1) is 15.8 Å². The minimum Gasteiger partial charge on any atom is -0.339 e. The van der Waals surface area contributed by atoms with Crippen molar-refractivity contribution in [1.82, 2.24) is 14.9 Å². The first kappa shape index (κ1) is 23.4. The zero-order chi connectivity index (χ0) is 23.9. The molecule has 1 amide bonds. The Labute approximate surface area is 207 Å². The van der Waals surface area contributed by atoms with Gasteiger partial charge in [-0.15, -0.1) is 0 Å². The van der Waals surface area contributed by atoms with Crippen LogP contribution in [0.3, 0.4) is 0 Å². The van der Waals surface area contributed by atoms with Gasteiger partial charge in [-0.25, -0.2) is 4.98 Å². The van der Waals surface area contributed by atoms with Crippen molar-refractivity contribution in [2.24, 2.45) is 0 Å². The molecule has 0 aliphatic rings. The molecule has 0 saturated heterocycles. The van der Waals surface area contributed by atoms with E-state index in [2.05, 4.69) is 66.1 Å². The van der Waals surface area contributed by atoms with Gasteiger partial charge in [0, 0.05) is 24.5 Å². The molecule has 3 aromatic carbocycles. The van der Waals surface area contributed by atoms with E-state index >= 15 is 0 Å². The Morgan fingerprint density at radius 2 is 1.71 bits per heavy atom. The van der Waals surface area contributed by atoms with Crippen LogP contribution in [0.4, 0.5) is 28.8 Å². The van der Waals surface area contributed by atoms with Crippen molar-refractivity contribution in [2.75, 3.05) is 36.6 Å². The Kier molecular flexibility index (Phi) is 7.51. The predicted molar refractivity (Wildman–Crippen MR) is 143 cm³/mol. The van der Waals surface area contributed by atoms with Crippen LogP contribution in [0, 0.1) is 0 Å². The maximum absolute atomic E-state index is 12.3. The molecule has 1 aromatic heterocycles. The van der Waals surface area contributed by atoms with Crippen molar-refractivity contribution in [2.45, 2.75) is 0 Å². The van der Waals surface area contributed by atoms with Crippen LogP contribution in [0.2, 0.25) is 0 Å². The number of carbonyl (C=O) groups excluding carboxylic acids is 1. The number of para-hydroxylation sites is 2. The lowest BCUT2D eigenvalue weighted by Gasteiger charge is -2.13. The van der Waals surface area contributed by atoms with E-state index < -0.39 is 0 Å². The summed E-state index contributed by atoms with van der Waals surface area (Å²) in [5.41, 5.74) is 2.25. The van der Waals surface area contributed by atoms with Gasteiger partial charge >= 0.3 is 0 Å². The average molecular weight is 517 g/mol. The highest BCUT2D eigenvalue weighted by Gasteiger charge is 2.10. The number of hydrogen-bond acceptors (Lipinski definition) is 6. The third-order valence-electron chi connectivity index (χ3n) is 4.93. The summed E-state index contributed by atoms with van der Waals surface area (Å²) in [6, 6.07) is 21.8. The zero-order valence-corrected chi connectivity index (χ0v) is 20.5. The first-order valence-electron chi connectivity index (χ1n) is 10.7. The van der Waals surface area contributed by atoms with Crippen molar-refractivity contribution >= 4 is 61.4 Å². The Balaban J connectivity index is 1.51. The summed E-state index contributed by atoms with van der Waals surface area (Å²) in [6.07, 6.45) is 5.02. The van der Waals surface area contributed by atoms with E-state index in [9.17, 15) is 4.79 Å². The van der Waals surface area contributed by atoms with Crippen molar-refractivity contribution in [1.29, 1.82) is 0 Å². The number of nitrogens with zero attached hydrogens (tertiary/aromatic N) is 3. The van der Waals surface area contributed by atoms with Gasteiger partial charge in [0.15, 0.2) is 0 Å². The Morgan fingerprint density at radius 3 is 2.50 bits per heavy atom. The molecule has 0 aliphatic carbocycles. The summed E-state index contributed by atoms with van der Waals surface area (Å²) in [6.45, 7) is 0.688. The number of rotatable bonds is 8. The van der Waals surface area contributed by atoms with Crippen molar-refractivity contribution in [3.63, 3.8) is 0 Å². The van der Waals surface area contributed by atoms with E-state index in [0.717, 1.165) is 15.5 Å². The van der Waals surface area contributed by atoms with E-state index in [1.54, 1.807) is 6.20 Å². The zero-order valence-electron chi connectivity index (χ0n) is 18.9. The van der Waals surface area contributed by atoms with Crippen LogP contribution in [0.15, 0.2) is 89.6 Å². The molecule has 7 nitrogen and oxygen atoms in total. The van der Waals surface area contributed by atoms with Crippen LogP contribution in [0.25, 0.3) is 10.8 Å². The second kappa shape index (κ2) is 10.9. The maximum atomic E-state index is 12.3. The molecule has 172 valence electrons. The molecule has 0 saturated carbocycles. The van der Waals surface area contributed by atoms with E-state index in [0.29, 0.717) is 29.7 Å². The molecule has 3 N–H and O–H groups in total. The Morgan fingerprint density at radius 1 is 0.971 bits per heavy atom. The quantitative estimate of drug-likeness (QED) is 0.251. The summed E-state index contributed by atoms with van der Waals surface area (Å²) in [7, 11) is 3.89. The normalized spacial score (nSPS) is 11.2. The number of carbonyl (C=O) groups is 1. The first-order chi connectivity index (χ1) is 16.5. The number of likely N-dealkylation sites (N-methyl/N-ethyl adjacent to an activating group) is 1. The van der Waals surface area contributed by atoms with E-state index in [4.69, 9.17) is 0 Å². The lowest BCUT2D eigenvalue weighted by molar-refractivity contribution is -0.111. The standard InChI is InChI=1S/C26H25BrN6O/c1-33(2)15-7-12-24(34)30-22-10-5-6-11-23(22)31-26-28-17-21(27)25(32-26)29-20-14-13-18-8-3-4-9-19(18)16-20/h3-14,16-17H,15H2,1-2H3,(H,30,34)(H2,28,29,31,32)/b12-7+. The van der Waals surface area contributed by atoms with Crippen LogP contribution < -0.4 is 16.0 Å². The summed E-state index contributed by atoms with van der Waals surface area (Å²) < 4.78 is 0.735. The Bertz CT molecular complexity index is 1340. The third-order valence-corrected chi connectivity index (χ3v) is 5.51. The fourth-order valence-electron chi connectivity index (χ4n) is 3.29. The van der Waals surface area contributed by atoms with Gasteiger partial charge in [-0.1, -0.05) is 48.5 Å². The molecule has 0 spiro atoms. The van der Waals surface area contributed by atoms with Gasteiger partial charge in [0.2, 0.25) is 11.9 Å². The number of fused-ring (bicyclic) bond motifs is 1. The Hall–Kier alpha value is -3.75. The van der Waals surface area contributed by atoms with E-state index in [-0.39, 0.29) is 5.91 Å². The lowest BCUT2D eigenvalue weighted by atomic mass is 10.1. The van der Waals surface area contributed by atoms with E-state index in [1.165, 1.54) is 11.5 Å². The number of halogens is 1. The second-order valence-electron chi connectivity index (χ2n) is 7.90. The molecule has 0 unspecified atom stereocenters. The van der Waals surface area contributed by atoms with Gasteiger partial charge < -0.3 is 20.9 Å². The molecular formula is C26H25BrN6O. The lowest BCUT2D eigenvalue weighted by Crippen LogP contribution is -2.13. The van der Waals surface area contributed by atoms with Gasteiger partial charge in [-0.05, 0) is 65.1 Å². The number of hydrogen-bond donors (Lipinski definition) is 3. The molecule has 0 fully saturated rings. The fourth-order valence-corrected chi connectivity index (χ4v) is 3.58. The average Bonchev–Trinajstić information content (AvgIpc) is 2.82. The number of anilines is 5. The third kappa shape index (κ3) is 6.18. The largest absolute Gasteiger partial charge is 0.339 e. The van der Waals surface area contributed by atoms with Crippen LogP contribution in [0.1, 0.15) is 0 Å². The highest BCUT2D eigenvalue weighted by molar-refractivity contribution is 9.10. The second-order valence-corrected chi connectivity index (χ2v) is 8.76. The molecule has 34 heavy (non-hydrogen) atoms. The van der Waals surface area contributed by atoms with Crippen molar-refractivity contribution in [3.05, 3.63) is 89.6 Å². The molecule has 1 heterocycles. The molecule has 0 atom stereocenters. The topological polar surface area (TPSA) is 82.2 Å². The van der Waals surface area contributed by atoms with E-state index in [1.807, 2.05) is 67.5 Å². The van der Waals surface area contributed by atoms with Crippen LogP contribution in [-0.4, -0.2) is 41.4 Å². The van der Waals surface area contributed by atoms with Gasteiger partial charge in [-0.2, -0.15) is 4.98 Å². The summed E-state index contributed by atoms with van der Waals surface area (Å²) in [5.74, 6) is 0.823. The molecule has 8 heteroatoms. The number of aromatic nitrogens is 2. The highest BCUT2D eigenvalue weighted by atomic mass is 79.9. The van der Waals surface area contributed by atoms with Crippen LogP contribution in [0.5, 0.6) is 0 Å². The van der Waals surface area contributed by atoms with Gasteiger partial charge in [-0.3, -0.25) is 4.79 Å². The highest BCUT2D eigenvalue weighted by Crippen LogP contribution is 2.29. The fraction of sp³-hybridized carbons (Fsp3) is 0.115. The summed E-state index contributed by atoms with van der Waals surface area (Å²) in [5, 5.41) is 11.8. The smallest absolute Gasteiger partial charge is 0.248 e. The molecule has 0 radical (unpaired) electrons. The summed E-state index contributed by atoms with van der Waals surface area (Å²) >= 11 is 3.52.